The highest BCUT2D eigenvalue weighted by molar-refractivity contribution is 5.69. The maximum absolute atomic E-state index is 11.3. The average Bonchev–Trinajstić information content (AvgIpc) is 2.46. The van der Waals surface area contributed by atoms with Crippen LogP contribution in [0.5, 0.6) is 0 Å². The van der Waals surface area contributed by atoms with Gasteiger partial charge in [-0.3, -0.25) is 4.79 Å². The molecule has 5 nitrogen and oxygen atoms in total. The van der Waals surface area contributed by atoms with Crippen LogP contribution >= 0.6 is 0 Å². The van der Waals surface area contributed by atoms with Gasteiger partial charge in [-0.05, 0) is 13.3 Å². The first-order valence-corrected chi connectivity index (χ1v) is 8.15. The van der Waals surface area contributed by atoms with Crippen LogP contribution in [0.1, 0.15) is 78.1 Å². The van der Waals surface area contributed by atoms with Crippen LogP contribution in [0, 0.1) is 0 Å². The van der Waals surface area contributed by atoms with Gasteiger partial charge in [0.15, 0.2) is 0 Å². The summed E-state index contributed by atoms with van der Waals surface area (Å²) in [7, 11) is 0. The van der Waals surface area contributed by atoms with E-state index in [0.29, 0.717) is 6.42 Å². The molecule has 0 saturated carbocycles. The fourth-order valence-electron chi connectivity index (χ4n) is 1.95. The van der Waals surface area contributed by atoms with Crippen LogP contribution < -0.4 is 0 Å². The number of ether oxygens (including phenoxy) is 3. The molecule has 0 N–H and O–H groups in total. The molecule has 0 bridgehead atoms. The first kappa shape index (κ1) is 19.7. The van der Waals surface area contributed by atoms with Crippen LogP contribution in [-0.2, 0) is 19.0 Å². The molecule has 21 heavy (non-hydrogen) atoms. The van der Waals surface area contributed by atoms with Crippen LogP contribution in [-0.4, -0.2) is 25.5 Å². The summed E-state index contributed by atoms with van der Waals surface area (Å²) in [5, 5.41) is 0. The number of rotatable bonds is 13. The Hall–Kier alpha value is -1.26. The first-order valence-electron chi connectivity index (χ1n) is 8.15. The van der Waals surface area contributed by atoms with Crippen molar-refractivity contribution in [2.45, 2.75) is 78.1 Å². The lowest BCUT2D eigenvalue weighted by molar-refractivity contribution is -0.153. The molecule has 0 aliphatic heterocycles. The zero-order valence-electron chi connectivity index (χ0n) is 13.5. The van der Waals surface area contributed by atoms with Crippen LogP contribution in [0.4, 0.5) is 4.79 Å². The molecule has 124 valence electrons. The van der Waals surface area contributed by atoms with Crippen LogP contribution in [0.15, 0.2) is 0 Å². The maximum Gasteiger partial charge on any atom is 0.511 e. The molecular weight excluding hydrogens is 272 g/mol. The Morgan fingerprint density at radius 1 is 0.714 bits per heavy atom. The summed E-state index contributed by atoms with van der Waals surface area (Å²) in [6.07, 6.45) is 10.4. The number of esters is 1. The molecule has 0 fully saturated rings. The molecule has 0 aliphatic rings. The van der Waals surface area contributed by atoms with Gasteiger partial charge in [-0.1, -0.05) is 58.3 Å². The third kappa shape index (κ3) is 15.0. The fraction of sp³-hybridized carbons (Fsp3) is 0.875. The third-order valence-corrected chi connectivity index (χ3v) is 3.14. The summed E-state index contributed by atoms with van der Waals surface area (Å²) >= 11 is 0. The van der Waals surface area contributed by atoms with E-state index < -0.39 is 6.16 Å². The zero-order chi connectivity index (χ0) is 15.8. The highest BCUT2D eigenvalue weighted by Crippen LogP contribution is 2.10. The van der Waals surface area contributed by atoms with Gasteiger partial charge in [-0.25, -0.2) is 4.79 Å². The molecule has 0 amide bonds. The SMILES string of the molecule is CCCCCCCCCCCC(=O)OCOC(=O)OCC. The Bertz CT molecular complexity index is 265. The number of hydrogen-bond acceptors (Lipinski definition) is 5. The molecule has 0 aromatic heterocycles. The van der Waals surface area contributed by atoms with Gasteiger partial charge < -0.3 is 14.2 Å². The van der Waals surface area contributed by atoms with Gasteiger partial charge in [-0.2, -0.15) is 0 Å². The summed E-state index contributed by atoms with van der Waals surface area (Å²) < 4.78 is 13.8. The van der Waals surface area contributed by atoms with Crippen molar-refractivity contribution in [3.05, 3.63) is 0 Å². The molecular formula is C16H30O5. The van der Waals surface area contributed by atoms with Crippen molar-refractivity contribution in [1.82, 2.24) is 0 Å². The quantitative estimate of drug-likeness (QED) is 0.283. The molecule has 0 spiro atoms. The predicted octanol–water partition coefficient (Wildman–Crippen LogP) is 4.58. The minimum atomic E-state index is -0.812. The summed E-state index contributed by atoms with van der Waals surface area (Å²) in [6, 6.07) is 0. The van der Waals surface area contributed by atoms with Gasteiger partial charge in [0.1, 0.15) is 0 Å². The molecule has 5 heteroatoms. The van der Waals surface area contributed by atoms with E-state index in [1.807, 2.05) is 0 Å². The number of carbonyl (C=O) groups excluding carboxylic acids is 2. The van der Waals surface area contributed by atoms with Gasteiger partial charge in [0.2, 0.25) is 6.79 Å². The molecule has 0 atom stereocenters. The van der Waals surface area contributed by atoms with Crippen LogP contribution in [0.2, 0.25) is 0 Å². The summed E-state index contributed by atoms with van der Waals surface area (Å²) in [6.45, 7) is 3.77. The van der Waals surface area contributed by atoms with Crippen LogP contribution in [0.25, 0.3) is 0 Å². The van der Waals surface area contributed by atoms with E-state index in [4.69, 9.17) is 4.74 Å². The largest absolute Gasteiger partial charge is 0.511 e. The topological polar surface area (TPSA) is 61.8 Å². The highest BCUT2D eigenvalue weighted by Gasteiger charge is 2.06. The Kier molecular flexibility index (Phi) is 14.2. The van der Waals surface area contributed by atoms with Crippen molar-refractivity contribution < 1.29 is 23.8 Å². The number of carbonyl (C=O) groups is 2. The lowest BCUT2D eigenvalue weighted by atomic mass is 10.1. The predicted molar refractivity (Wildman–Crippen MR) is 80.9 cm³/mol. The van der Waals surface area contributed by atoms with E-state index >= 15 is 0 Å². The normalized spacial score (nSPS) is 10.2. The minimum absolute atomic E-state index is 0.241. The van der Waals surface area contributed by atoms with Crippen LogP contribution in [0.3, 0.4) is 0 Å². The standard InChI is InChI=1S/C16H30O5/c1-3-5-6-7-8-9-10-11-12-13-15(17)20-14-21-16(18)19-4-2/h3-14H2,1-2H3. The lowest BCUT2D eigenvalue weighted by Crippen LogP contribution is -2.13. The highest BCUT2D eigenvalue weighted by atomic mass is 16.8. The fourth-order valence-corrected chi connectivity index (χ4v) is 1.95. The van der Waals surface area contributed by atoms with Gasteiger partial charge >= 0.3 is 12.1 Å². The first-order chi connectivity index (χ1) is 10.2. The lowest BCUT2D eigenvalue weighted by Gasteiger charge is -2.06. The molecule has 0 radical (unpaired) electrons. The summed E-state index contributed by atoms with van der Waals surface area (Å²) in [5.41, 5.74) is 0. The minimum Gasteiger partial charge on any atom is -0.435 e. The van der Waals surface area contributed by atoms with Crippen molar-refractivity contribution in [2.75, 3.05) is 13.4 Å². The van der Waals surface area contributed by atoms with Gasteiger partial charge in [0.25, 0.3) is 0 Å². The van der Waals surface area contributed by atoms with Crippen molar-refractivity contribution >= 4 is 12.1 Å². The van der Waals surface area contributed by atoms with Crippen molar-refractivity contribution in [3.63, 3.8) is 0 Å². The van der Waals surface area contributed by atoms with E-state index in [0.717, 1.165) is 12.8 Å². The molecule has 0 aromatic rings. The van der Waals surface area contributed by atoms with E-state index in [9.17, 15) is 9.59 Å². The number of hydrogen-bond donors (Lipinski definition) is 0. The molecule has 0 rings (SSSR count). The monoisotopic (exact) mass is 302 g/mol. The van der Waals surface area contributed by atoms with Crippen molar-refractivity contribution in [1.29, 1.82) is 0 Å². The second-order valence-corrected chi connectivity index (χ2v) is 5.04. The van der Waals surface area contributed by atoms with E-state index in [1.165, 1.54) is 44.9 Å². The Labute approximate surface area is 128 Å². The Balaban J connectivity index is 3.24. The van der Waals surface area contributed by atoms with Gasteiger partial charge in [0.05, 0.1) is 6.61 Å². The number of unbranched alkanes of at least 4 members (excludes halogenated alkanes) is 8. The second kappa shape index (κ2) is 15.1. The Morgan fingerprint density at radius 2 is 1.29 bits per heavy atom. The van der Waals surface area contributed by atoms with E-state index in [1.54, 1.807) is 6.92 Å². The second-order valence-electron chi connectivity index (χ2n) is 5.04. The molecule has 0 unspecified atom stereocenters. The van der Waals surface area contributed by atoms with E-state index in [2.05, 4.69) is 16.4 Å². The zero-order valence-corrected chi connectivity index (χ0v) is 13.5. The average molecular weight is 302 g/mol. The molecule has 0 aliphatic carbocycles. The summed E-state index contributed by atoms with van der Waals surface area (Å²) in [5.74, 6) is -0.331. The van der Waals surface area contributed by atoms with E-state index in [-0.39, 0.29) is 19.4 Å². The molecule has 0 saturated heterocycles. The maximum atomic E-state index is 11.3. The smallest absolute Gasteiger partial charge is 0.435 e. The molecule has 0 heterocycles. The van der Waals surface area contributed by atoms with Crippen molar-refractivity contribution in [3.8, 4) is 0 Å². The third-order valence-electron chi connectivity index (χ3n) is 3.14. The van der Waals surface area contributed by atoms with Gasteiger partial charge in [0, 0.05) is 6.42 Å². The van der Waals surface area contributed by atoms with Gasteiger partial charge in [-0.15, -0.1) is 0 Å². The summed E-state index contributed by atoms with van der Waals surface area (Å²) in [4.78, 5) is 22.2. The Morgan fingerprint density at radius 3 is 1.86 bits per heavy atom. The van der Waals surface area contributed by atoms with Crippen molar-refractivity contribution in [2.24, 2.45) is 0 Å². The molecule has 0 aromatic carbocycles.